The Morgan fingerprint density at radius 2 is 2.10 bits per heavy atom. The quantitative estimate of drug-likeness (QED) is 0.867. The van der Waals surface area contributed by atoms with Crippen molar-refractivity contribution in [2.75, 3.05) is 19.7 Å². The van der Waals surface area contributed by atoms with E-state index in [0.717, 1.165) is 30.8 Å². The normalized spacial score (nSPS) is 21.5. The first-order chi connectivity index (χ1) is 10.1. The lowest BCUT2D eigenvalue weighted by atomic mass is 9.91. The molecule has 118 valence electrons. The lowest BCUT2D eigenvalue weighted by molar-refractivity contribution is 0.00454. The molecule has 21 heavy (non-hydrogen) atoms. The Kier molecular flexibility index (Phi) is 5.65. The van der Waals surface area contributed by atoms with Crippen LogP contribution in [0.25, 0.3) is 0 Å². The summed E-state index contributed by atoms with van der Waals surface area (Å²) in [6, 6.07) is 6.21. The molecular formula is C18H29NO2. The van der Waals surface area contributed by atoms with Crippen LogP contribution in [0.5, 0.6) is 5.75 Å². The molecule has 0 aromatic heterocycles. The van der Waals surface area contributed by atoms with Crippen LogP contribution in [0.4, 0.5) is 0 Å². The van der Waals surface area contributed by atoms with Gasteiger partial charge in [-0.05, 0) is 31.0 Å². The van der Waals surface area contributed by atoms with Crippen molar-refractivity contribution in [3.63, 3.8) is 0 Å². The Labute approximate surface area is 128 Å². The molecule has 0 bridgehead atoms. The molecule has 2 unspecified atom stereocenters. The standard InChI is InChI=1S/C18H29NO2/c1-5-7-11-19(6-2)16-12-21-18-14(13(3)4)9-8-10-15(18)17(16)20/h8-10,13,16-17,20H,5-7,11-12H2,1-4H3. The first-order valence-electron chi connectivity index (χ1n) is 8.27. The van der Waals surface area contributed by atoms with Crippen LogP contribution in [0.2, 0.25) is 0 Å². The van der Waals surface area contributed by atoms with Gasteiger partial charge in [-0.25, -0.2) is 0 Å². The molecule has 0 saturated heterocycles. The zero-order valence-electron chi connectivity index (χ0n) is 13.8. The fourth-order valence-corrected chi connectivity index (χ4v) is 3.12. The number of ether oxygens (including phenoxy) is 1. The summed E-state index contributed by atoms with van der Waals surface area (Å²) < 4.78 is 6.06. The lowest BCUT2D eigenvalue weighted by Crippen LogP contribution is -2.46. The van der Waals surface area contributed by atoms with Crippen molar-refractivity contribution < 1.29 is 9.84 Å². The second kappa shape index (κ2) is 7.28. The number of aliphatic hydroxyl groups is 1. The number of para-hydroxylation sites is 1. The van der Waals surface area contributed by atoms with E-state index in [9.17, 15) is 5.11 Å². The van der Waals surface area contributed by atoms with E-state index in [1.54, 1.807) is 0 Å². The zero-order chi connectivity index (χ0) is 15.4. The van der Waals surface area contributed by atoms with Crippen molar-refractivity contribution in [1.29, 1.82) is 0 Å². The third-order valence-corrected chi connectivity index (χ3v) is 4.45. The maximum absolute atomic E-state index is 10.8. The highest BCUT2D eigenvalue weighted by Crippen LogP contribution is 2.39. The second-order valence-electron chi connectivity index (χ2n) is 6.23. The molecule has 3 nitrogen and oxygen atoms in total. The highest BCUT2D eigenvalue weighted by atomic mass is 16.5. The largest absolute Gasteiger partial charge is 0.491 e. The highest BCUT2D eigenvalue weighted by Gasteiger charge is 2.34. The molecule has 0 spiro atoms. The van der Waals surface area contributed by atoms with Gasteiger partial charge in [0, 0.05) is 5.56 Å². The van der Waals surface area contributed by atoms with Crippen LogP contribution in [-0.4, -0.2) is 35.7 Å². The average molecular weight is 291 g/mol. The van der Waals surface area contributed by atoms with Crippen LogP contribution in [0.3, 0.4) is 0 Å². The summed E-state index contributed by atoms with van der Waals surface area (Å²) in [4.78, 5) is 2.35. The predicted molar refractivity (Wildman–Crippen MR) is 86.9 cm³/mol. The lowest BCUT2D eigenvalue weighted by Gasteiger charge is -2.38. The molecule has 0 aliphatic carbocycles. The molecule has 1 N–H and O–H groups in total. The minimum atomic E-state index is -0.454. The van der Waals surface area contributed by atoms with Crippen LogP contribution >= 0.6 is 0 Å². The third-order valence-electron chi connectivity index (χ3n) is 4.45. The summed E-state index contributed by atoms with van der Waals surface area (Å²) in [6.07, 6.45) is 1.88. The number of hydrogen-bond donors (Lipinski definition) is 1. The van der Waals surface area contributed by atoms with E-state index in [-0.39, 0.29) is 6.04 Å². The highest BCUT2D eigenvalue weighted by molar-refractivity contribution is 5.46. The van der Waals surface area contributed by atoms with Crippen molar-refractivity contribution in [2.45, 2.75) is 58.6 Å². The number of fused-ring (bicyclic) bond motifs is 1. The van der Waals surface area contributed by atoms with Crippen LogP contribution < -0.4 is 4.74 Å². The molecule has 1 aromatic carbocycles. The van der Waals surface area contributed by atoms with Crippen molar-refractivity contribution in [3.8, 4) is 5.75 Å². The van der Waals surface area contributed by atoms with Gasteiger partial charge in [0.25, 0.3) is 0 Å². The molecule has 0 fully saturated rings. The molecule has 0 radical (unpaired) electrons. The van der Waals surface area contributed by atoms with Gasteiger partial charge in [0.1, 0.15) is 18.5 Å². The van der Waals surface area contributed by atoms with Gasteiger partial charge in [0.2, 0.25) is 0 Å². The number of nitrogens with zero attached hydrogens (tertiary/aromatic N) is 1. The van der Waals surface area contributed by atoms with Gasteiger partial charge in [-0.3, -0.25) is 4.90 Å². The van der Waals surface area contributed by atoms with Crippen molar-refractivity contribution in [2.24, 2.45) is 0 Å². The molecule has 3 heteroatoms. The van der Waals surface area contributed by atoms with Crippen LogP contribution in [0, 0.1) is 0 Å². The van der Waals surface area contributed by atoms with Gasteiger partial charge in [0.05, 0.1) is 6.04 Å². The molecule has 0 saturated carbocycles. The van der Waals surface area contributed by atoms with E-state index >= 15 is 0 Å². The van der Waals surface area contributed by atoms with E-state index in [1.807, 2.05) is 12.1 Å². The maximum Gasteiger partial charge on any atom is 0.128 e. The Balaban J connectivity index is 2.24. The molecular weight excluding hydrogens is 262 g/mol. The Hall–Kier alpha value is -1.06. The monoisotopic (exact) mass is 291 g/mol. The maximum atomic E-state index is 10.8. The minimum absolute atomic E-state index is 0.0662. The van der Waals surface area contributed by atoms with Gasteiger partial charge in [-0.1, -0.05) is 52.3 Å². The summed E-state index contributed by atoms with van der Waals surface area (Å²) in [5.74, 6) is 1.31. The Bertz CT molecular complexity index is 459. The first-order valence-corrected chi connectivity index (χ1v) is 8.27. The number of likely N-dealkylation sites (N-methyl/N-ethyl adjacent to an activating group) is 1. The molecule has 2 atom stereocenters. The summed E-state index contributed by atoms with van der Waals surface area (Å²) in [7, 11) is 0. The van der Waals surface area contributed by atoms with Crippen molar-refractivity contribution >= 4 is 0 Å². The average Bonchev–Trinajstić information content (AvgIpc) is 2.49. The van der Waals surface area contributed by atoms with Gasteiger partial charge in [0.15, 0.2) is 0 Å². The van der Waals surface area contributed by atoms with Gasteiger partial charge >= 0.3 is 0 Å². The number of benzene rings is 1. The number of unbranched alkanes of at least 4 members (excludes halogenated alkanes) is 1. The van der Waals surface area contributed by atoms with Gasteiger partial charge < -0.3 is 9.84 Å². The van der Waals surface area contributed by atoms with E-state index in [4.69, 9.17) is 4.74 Å². The number of rotatable bonds is 6. The van der Waals surface area contributed by atoms with E-state index in [2.05, 4.69) is 38.7 Å². The zero-order valence-corrected chi connectivity index (χ0v) is 13.8. The topological polar surface area (TPSA) is 32.7 Å². The smallest absolute Gasteiger partial charge is 0.128 e. The first kappa shape index (κ1) is 16.3. The van der Waals surface area contributed by atoms with Gasteiger partial charge in [-0.15, -0.1) is 0 Å². The summed E-state index contributed by atoms with van der Waals surface area (Å²) in [5.41, 5.74) is 2.15. The summed E-state index contributed by atoms with van der Waals surface area (Å²) in [6.45, 7) is 11.2. The molecule has 0 amide bonds. The van der Waals surface area contributed by atoms with E-state index < -0.39 is 6.10 Å². The number of hydrogen-bond acceptors (Lipinski definition) is 3. The Morgan fingerprint density at radius 3 is 2.71 bits per heavy atom. The van der Waals surface area contributed by atoms with E-state index in [0.29, 0.717) is 12.5 Å². The van der Waals surface area contributed by atoms with E-state index in [1.165, 1.54) is 12.0 Å². The molecule has 1 aromatic rings. The second-order valence-corrected chi connectivity index (χ2v) is 6.23. The molecule has 1 aliphatic rings. The molecule has 2 rings (SSSR count). The number of aliphatic hydroxyl groups excluding tert-OH is 1. The van der Waals surface area contributed by atoms with Crippen molar-refractivity contribution in [3.05, 3.63) is 29.3 Å². The fourth-order valence-electron chi connectivity index (χ4n) is 3.12. The Morgan fingerprint density at radius 1 is 1.33 bits per heavy atom. The molecule has 1 aliphatic heterocycles. The third kappa shape index (κ3) is 3.41. The fraction of sp³-hybridized carbons (Fsp3) is 0.667. The summed E-state index contributed by atoms with van der Waals surface area (Å²) >= 11 is 0. The molecule has 1 heterocycles. The SMILES string of the molecule is CCCCN(CC)C1COc2c(C(C)C)cccc2C1O. The van der Waals surface area contributed by atoms with Crippen LogP contribution in [0.1, 0.15) is 63.7 Å². The summed E-state index contributed by atoms with van der Waals surface area (Å²) in [5, 5.41) is 10.8. The minimum Gasteiger partial charge on any atom is -0.491 e. The predicted octanol–water partition coefficient (Wildman–Crippen LogP) is 3.73. The van der Waals surface area contributed by atoms with Crippen molar-refractivity contribution in [1.82, 2.24) is 4.90 Å². The van der Waals surface area contributed by atoms with Crippen LogP contribution in [0.15, 0.2) is 18.2 Å². The van der Waals surface area contributed by atoms with Crippen LogP contribution in [-0.2, 0) is 0 Å². The van der Waals surface area contributed by atoms with Gasteiger partial charge in [-0.2, -0.15) is 0 Å².